The molecule has 28 heavy (non-hydrogen) atoms. The molecule has 2 heterocycles. The third kappa shape index (κ3) is 3.26. The molecule has 2 aromatic carbocycles. The number of fused-ring (bicyclic) bond motifs is 1. The van der Waals surface area contributed by atoms with E-state index in [9.17, 15) is 18.4 Å². The van der Waals surface area contributed by atoms with Crippen LogP contribution in [0, 0.1) is 18.6 Å². The van der Waals surface area contributed by atoms with Gasteiger partial charge in [-0.2, -0.15) is 0 Å². The van der Waals surface area contributed by atoms with Crippen LogP contribution in [0.4, 0.5) is 8.78 Å². The molecule has 2 aromatic rings. The van der Waals surface area contributed by atoms with E-state index in [1.807, 2.05) is 6.92 Å². The van der Waals surface area contributed by atoms with Crippen LogP contribution < -0.4 is 4.74 Å². The number of nitrogens with zero attached hydrogens (tertiary/aromatic N) is 1. The van der Waals surface area contributed by atoms with Crippen LogP contribution in [-0.4, -0.2) is 35.3 Å². The predicted octanol–water partition coefficient (Wildman–Crippen LogP) is 4.57. The fourth-order valence-electron chi connectivity index (χ4n) is 3.94. The molecule has 0 unspecified atom stereocenters. The number of benzene rings is 2. The number of amides is 1. The maximum Gasteiger partial charge on any atom is 0.256 e. The fourth-order valence-corrected chi connectivity index (χ4v) is 4.22. The van der Waals surface area contributed by atoms with Gasteiger partial charge in [0.2, 0.25) is 0 Å². The number of rotatable bonds is 1. The van der Waals surface area contributed by atoms with Crippen LogP contribution >= 0.6 is 11.6 Å². The number of piperidine rings is 1. The summed E-state index contributed by atoms with van der Waals surface area (Å²) in [4.78, 5) is 26.8. The average Bonchev–Trinajstić information content (AvgIpc) is 2.63. The predicted molar refractivity (Wildman–Crippen MR) is 100.0 cm³/mol. The van der Waals surface area contributed by atoms with Crippen molar-refractivity contribution in [3.8, 4) is 5.75 Å². The molecule has 0 atom stereocenters. The Bertz CT molecular complexity index is 984. The van der Waals surface area contributed by atoms with E-state index >= 15 is 0 Å². The lowest BCUT2D eigenvalue weighted by atomic mass is 9.82. The van der Waals surface area contributed by atoms with E-state index in [0.29, 0.717) is 48.3 Å². The molecule has 4 nitrogen and oxygen atoms in total. The standard InChI is InChI=1S/C21H18ClF2NO3/c1-12-8-13(22)9-16-18(26)11-21(28-19(12)16)4-6-25(7-5-21)20(27)15-3-2-14(23)10-17(15)24/h2-3,8-10H,4-7,11H2,1H3. The molecule has 0 bridgehead atoms. The molecule has 0 radical (unpaired) electrons. The van der Waals surface area contributed by atoms with Crippen LogP contribution in [0.15, 0.2) is 30.3 Å². The van der Waals surface area contributed by atoms with E-state index in [1.165, 1.54) is 4.90 Å². The highest BCUT2D eigenvalue weighted by Crippen LogP contribution is 2.42. The van der Waals surface area contributed by atoms with Gasteiger partial charge in [-0.25, -0.2) is 8.78 Å². The van der Waals surface area contributed by atoms with Gasteiger partial charge in [0, 0.05) is 37.0 Å². The van der Waals surface area contributed by atoms with Gasteiger partial charge in [0.25, 0.3) is 5.91 Å². The van der Waals surface area contributed by atoms with E-state index < -0.39 is 23.1 Å². The highest BCUT2D eigenvalue weighted by Gasteiger charge is 2.44. The summed E-state index contributed by atoms with van der Waals surface area (Å²) in [5, 5.41) is 0.492. The average molecular weight is 406 g/mol. The highest BCUT2D eigenvalue weighted by atomic mass is 35.5. The molecule has 0 aliphatic carbocycles. The molecule has 1 fully saturated rings. The second-order valence-corrected chi connectivity index (χ2v) is 7.84. The quantitative estimate of drug-likeness (QED) is 0.698. The van der Waals surface area contributed by atoms with Crippen molar-refractivity contribution in [3.05, 3.63) is 63.7 Å². The molecule has 1 amide bonds. The van der Waals surface area contributed by atoms with Crippen LogP contribution in [0.5, 0.6) is 5.75 Å². The lowest BCUT2D eigenvalue weighted by Gasteiger charge is -2.44. The third-order valence-corrected chi connectivity index (χ3v) is 5.68. The van der Waals surface area contributed by atoms with Gasteiger partial charge < -0.3 is 9.64 Å². The Kier molecular flexibility index (Phi) is 4.62. The second-order valence-electron chi connectivity index (χ2n) is 7.40. The number of aryl methyl sites for hydroxylation is 1. The molecule has 1 saturated heterocycles. The zero-order chi connectivity index (χ0) is 20.1. The van der Waals surface area contributed by atoms with Crippen molar-refractivity contribution in [2.75, 3.05) is 13.1 Å². The number of ether oxygens (including phenoxy) is 1. The topological polar surface area (TPSA) is 46.6 Å². The lowest BCUT2D eigenvalue weighted by Crippen LogP contribution is -2.52. The Morgan fingerprint density at radius 2 is 1.89 bits per heavy atom. The molecule has 1 spiro atoms. The number of hydrogen-bond acceptors (Lipinski definition) is 3. The van der Waals surface area contributed by atoms with Crippen LogP contribution in [0.3, 0.4) is 0 Å². The van der Waals surface area contributed by atoms with Gasteiger partial charge in [-0.15, -0.1) is 0 Å². The largest absolute Gasteiger partial charge is 0.486 e. The van der Waals surface area contributed by atoms with Crippen molar-refractivity contribution in [1.29, 1.82) is 0 Å². The van der Waals surface area contributed by atoms with Crippen molar-refractivity contribution in [2.45, 2.75) is 31.8 Å². The van der Waals surface area contributed by atoms with E-state index in [2.05, 4.69) is 0 Å². The van der Waals surface area contributed by atoms with Gasteiger partial charge in [-0.05, 0) is 36.8 Å². The summed E-state index contributed by atoms with van der Waals surface area (Å²) in [6.45, 7) is 2.49. The number of ketones is 1. The van der Waals surface area contributed by atoms with Crippen molar-refractivity contribution < 1.29 is 23.1 Å². The molecule has 146 valence electrons. The highest BCUT2D eigenvalue weighted by molar-refractivity contribution is 6.31. The van der Waals surface area contributed by atoms with E-state index in [-0.39, 0.29) is 17.8 Å². The minimum atomic E-state index is -0.879. The first-order valence-electron chi connectivity index (χ1n) is 9.05. The molecular formula is C21H18ClF2NO3. The van der Waals surface area contributed by atoms with E-state index in [0.717, 1.165) is 17.7 Å². The Morgan fingerprint density at radius 3 is 2.57 bits per heavy atom. The van der Waals surface area contributed by atoms with Crippen LogP contribution in [0.1, 0.15) is 45.5 Å². The van der Waals surface area contributed by atoms with Crippen LogP contribution in [0.25, 0.3) is 0 Å². The molecule has 0 aromatic heterocycles. The maximum atomic E-state index is 13.9. The molecule has 7 heteroatoms. The smallest absolute Gasteiger partial charge is 0.256 e. The lowest BCUT2D eigenvalue weighted by molar-refractivity contribution is -0.00625. The SMILES string of the molecule is Cc1cc(Cl)cc2c1OC1(CCN(C(=O)c3ccc(F)cc3F)CC1)CC2=O. The normalized spacial score (nSPS) is 18.0. The molecule has 0 N–H and O–H groups in total. The van der Waals surface area contributed by atoms with E-state index in [1.54, 1.807) is 12.1 Å². The van der Waals surface area contributed by atoms with Crippen molar-refractivity contribution in [3.63, 3.8) is 0 Å². The Labute approximate surface area is 166 Å². The number of carbonyl (C=O) groups excluding carboxylic acids is 2. The third-order valence-electron chi connectivity index (χ3n) is 5.46. The Hall–Kier alpha value is -2.47. The summed E-state index contributed by atoms with van der Waals surface area (Å²) in [5.41, 5.74) is 0.444. The van der Waals surface area contributed by atoms with Crippen LogP contribution in [-0.2, 0) is 0 Å². The summed E-state index contributed by atoms with van der Waals surface area (Å²) in [5.74, 6) is -1.58. The minimum Gasteiger partial charge on any atom is -0.486 e. The summed E-state index contributed by atoms with van der Waals surface area (Å²) < 4.78 is 33.3. The molecular weight excluding hydrogens is 388 g/mol. The van der Waals surface area contributed by atoms with Crippen molar-refractivity contribution >= 4 is 23.3 Å². The number of hydrogen-bond donors (Lipinski definition) is 0. The second kappa shape index (κ2) is 6.85. The summed E-state index contributed by atoms with van der Waals surface area (Å²) in [6.07, 6.45) is 1.12. The summed E-state index contributed by atoms with van der Waals surface area (Å²) in [6, 6.07) is 6.29. The van der Waals surface area contributed by atoms with E-state index in [4.69, 9.17) is 16.3 Å². The zero-order valence-corrected chi connectivity index (χ0v) is 16.0. The minimum absolute atomic E-state index is 0.0313. The first-order chi connectivity index (χ1) is 13.3. The van der Waals surface area contributed by atoms with Gasteiger partial charge in [0.1, 0.15) is 23.0 Å². The van der Waals surface area contributed by atoms with Gasteiger partial charge >= 0.3 is 0 Å². The van der Waals surface area contributed by atoms with Crippen LogP contribution in [0.2, 0.25) is 5.02 Å². The molecule has 4 rings (SSSR count). The Balaban J connectivity index is 1.52. The Morgan fingerprint density at radius 1 is 1.18 bits per heavy atom. The number of Topliss-reactive ketones (excluding diaryl/α,β-unsaturated/α-hetero) is 1. The zero-order valence-electron chi connectivity index (χ0n) is 15.2. The van der Waals surface area contributed by atoms with Gasteiger partial charge in [-0.3, -0.25) is 9.59 Å². The van der Waals surface area contributed by atoms with Crippen molar-refractivity contribution in [1.82, 2.24) is 4.90 Å². The van der Waals surface area contributed by atoms with Crippen molar-refractivity contribution in [2.24, 2.45) is 0 Å². The summed E-state index contributed by atoms with van der Waals surface area (Å²) in [7, 11) is 0. The van der Waals surface area contributed by atoms with Gasteiger partial charge in [0.05, 0.1) is 17.5 Å². The fraction of sp³-hybridized carbons (Fsp3) is 0.333. The number of likely N-dealkylation sites (tertiary alicyclic amines) is 1. The number of carbonyl (C=O) groups is 2. The first kappa shape index (κ1) is 18.9. The monoisotopic (exact) mass is 405 g/mol. The maximum absolute atomic E-state index is 13.9. The summed E-state index contributed by atoms with van der Waals surface area (Å²) >= 11 is 6.05. The first-order valence-corrected chi connectivity index (χ1v) is 9.42. The number of halogens is 3. The molecule has 2 aliphatic rings. The molecule has 0 saturated carbocycles. The van der Waals surface area contributed by atoms with Gasteiger partial charge in [-0.1, -0.05) is 11.6 Å². The van der Waals surface area contributed by atoms with Gasteiger partial charge in [0.15, 0.2) is 5.78 Å². The molecule has 2 aliphatic heterocycles.